The topological polar surface area (TPSA) is 101 Å². The Hall–Kier alpha value is -3.22. The minimum absolute atomic E-state index is 0.0143. The Labute approximate surface area is 144 Å². The van der Waals surface area contributed by atoms with E-state index in [1.54, 1.807) is 18.2 Å². The third-order valence-electron chi connectivity index (χ3n) is 4.01. The van der Waals surface area contributed by atoms with Crippen LogP contribution in [0.15, 0.2) is 53.2 Å². The largest absolute Gasteiger partial charge is 0.571 e. The maximum Gasteiger partial charge on any atom is 0.305 e. The van der Waals surface area contributed by atoms with Gasteiger partial charge in [-0.05, 0) is 0 Å². The fourth-order valence-corrected chi connectivity index (χ4v) is 2.73. The molecule has 4 N–H and O–H groups in total. The lowest BCUT2D eigenvalue weighted by Crippen LogP contribution is -2.25. The lowest BCUT2D eigenvalue weighted by Gasteiger charge is -2.25. The predicted octanol–water partition coefficient (Wildman–Crippen LogP) is 2.46. The van der Waals surface area contributed by atoms with Gasteiger partial charge in [0.2, 0.25) is 17.6 Å². The lowest BCUT2D eigenvalue weighted by molar-refractivity contribution is 0.0452. The molecule has 1 atom stereocenters. The van der Waals surface area contributed by atoms with Crippen molar-refractivity contribution in [2.45, 2.75) is 6.10 Å². The van der Waals surface area contributed by atoms with Crippen molar-refractivity contribution in [3.05, 3.63) is 58.8 Å². The molecule has 0 amide bonds. The maximum absolute atomic E-state index is 10.4. The molecular weight excluding hydrogens is 328 g/mol. The van der Waals surface area contributed by atoms with Gasteiger partial charge >= 0.3 is 5.76 Å². The van der Waals surface area contributed by atoms with Crippen LogP contribution >= 0.6 is 0 Å². The molecule has 25 heavy (non-hydrogen) atoms. The number of allylic oxidation sites excluding steroid dienone is 2. The first-order valence-corrected chi connectivity index (χ1v) is 7.46. The van der Waals surface area contributed by atoms with Crippen LogP contribution in [0.4, 0.5) is 0 Å². The Balaban J connectivity index is 2.08. The van der Waals surface area contributed by atoms with Crippen LogP contribution in [0.5, 0.6) is 17.2 Å². The van der Waals surface area contributed by atoms with Gasteiger partial charge in [-0.1, -0.05) is 0 Å². The molecule has 0 radical (unpaired) electrons. The van der Waals surface area contributed by atoms with Crippen molar-refractivity contribution in [1.29, 1.82) is 0 Å². The van der Waals surface area contributed by atoms with Crippen LogP contribution in [0.1, 0.15) is 5.56 Å². The molecule has 1 aliphatic heterocycles. The Kier molecular flexibility index (Phi) is 4.22. The second-order valence-corrected chi connectivity index (χ2v) is 5.44. The van der Waals surface area contributed by atoms with Crippen molar-refractivity contribution in [3.8, 4) is 17.2 Å². The van der Waals surface area contributed by atoms with Crippen molar-refractivity contribution in [1.82, 2.24) is 0 Å². The van der Waals surface area contributed by atoms with Crippen molar-refractivity contribution in [2.75, 3.05) is 21.3 Å². The number of hydrogen-bond donors (Lipinski definition) is 3. The van der Waals surface area contributed by atoms with Gasteiger partial charge in [0.1, 0.15) is 11.5 Å². The first-order chi connectivity index (χ1) is 12.0. The summed E-state index contributed by atoms with van der Waals surface area (Å²) in [6, 6.07) is 3.09. The monoisotopic (exact) mass is 347 g/mol. The van der Waals surface area contributed by atoms with Gasteiger partial charge < -0.3 is 34.3 Å². The van der Waals surface area contributed by atoms with Crippen LogP contribution in [-0.2, 0) is 4.74 Å². The number of fused-ring (bicyclic) bond motifs is 1. The molecule has 3 rings (SSSR count). The molecule has 0 aromatic heterocycles. The van der Waals surface area contributed by atoms with E-state index in [4.69, 9.17) is 14.2 Å². The summed E-state index contributed by atoms with van der Waals surface area (Å²) in [5.74, 6) is 0.880. The van der Waals surface area contributed by atoms with Gasteiger partial charge in [-0.25, -0.2) is 0 Å². The van der Waals surface area contributed by atoms with Crippen molar-refractivity contribution < 1.29 is 34.3 Å². The van der Waals surface area contributed by atoms with Crippen molar-refractivity contribution in [2.24, 2.45) is 0 Å². The highest BCUT2D eigenvalue weighted by atomic mass is 16.5. The van der Waals surface area contributed by atoms with Crippen LogP contribution in [-0.4, -0.2) is 47.5 Å². The molecule has 1 aliphatic carbocycles. The molecule has 0 bridgehead atoms. The number of methoxy groups -OCH3 is 3. The number of phenols is 1. The van der Waals surface area contributed by atoms with E-state index in [1.165, 1.54) is 33.5 Å². The Morgan fingerprint density at radius 1 is 0.920 bits per heavy atom. The molecule has 0 spiro atoms. The van der Waals surface area contributed by atoms with Crippen LogP contribution in [0, 0.1) is 0 Å². The summed E-state index contributed by atoms with van der Waals surface area (Å²) in [5, 5.41) is 30.5. The highest BCUT2D eigenvalue weighted by Crippen LogP contribution is 2.41. The van der Waals surface area contributed by atoms with E-state index >= 15 is 0 Å². The average Bonchev–Trinajstić information content (AvgIpc) is 2.62. The Morgan fingerprint density at radius 2 is 1.56 bits per heavy atom. The summed E-state index contributed by atoms with van der Waals surface area (Å²) in [5.41, 5.74) is 0.973. The number of ether oxygens (including phenoxy) is 4. The minimum Gasteiger partial charge on any atom is -0.571 e. The van der Waals surface area contributed by atoms with Gasteiger partial charge in [0.05, 0.1) is 38.5 Å². The standard InChI is InChI=1S/C18H18O7/c1-22-10-6-12(19)11-8-13(20)18(25-14(11)7-10)9-4-15(23-2)17(21)16(5-9)24-3/h4-8,14,19-21H,1-3H3/p+1. The average molecular weight is 347 g/mol. The molecule has 0 saturated heterocycles. The summed E-state index contributed by atoms with van der Waals surface area (Å²) in [6.07, 6.45) is 4.14. The second kappa shape index (κ2) is 6.35. The zero-order valence-corrected chi connectivity index (χ0v) is 14.0. The summed E-state index contributed by atoms with van der Waals surface area (Å²) < 4.78 is 19.9. The zero-order valence-electron chi connectivity index (χ0n) is 14.0. The maximum atomic E-state index is 10.4. The Bertz CT molecular complexity index is 805. The molecule has 0 fully saturated rings. The second-order valence-electron chi connectivity index (χ2n) is 5.44. The highest BCUT2D eigenvalue weighted by Gasteiger charge is 2.35. The third-order valence-corrected chi connectivity index (χ3v) is 4.01. The molecule has 7 heteroatoms. The molecular formula is C18H19O7+. The SMILES string of the molecule is COC1=CC2[OH+]C(c3cc(OC)c(O)c(OC)c3)=C(O)C=C2C(O)=C1. The van der Waals surface area contributed by atoms with E-state index in [0.29, 0.717) is 16.9 Å². The van der Waals surface area contributed by atoms with E-state index in [-0.39, 0.29) is 34.5 Å². The van der Waals surface area contributed by atoms with Crippen LogP contribution in [0.2, 0.25) is 0 Å². The summed E-state index contributed by atoms with van der Waals surface area (Å²) >= 11 is 0. The van der Waals surface area contributed by atoms with E-state index < -0.39 is 6.10 Å². The highest BCUT2D eigenvalue weighted by molar-refractivity contribution is 5.71. The number of aromatic hydroxyl groups is 1. The van der Waals surface area contributed by atoms with Gasteiger partial charge in [-0.15, -0.1) is 0 Å². The first kappa shape index (κ1) is 16.6. The zero-order chi connectivity index (χ0) is 18.1. The molecule has 1 aromatic rings. The summed E-state index contributed by atoms with van der Waals surface area (Å²) in [6.45, 7) is 0. The number of hydrogen-bond acceptors (Lipinski definition) is 6. The molecule has 1 aromatic carbocycles. The summed E-state index contributed by atoms with van der Waals surface area (Å²) in [7, 11) is 4.33. The number of aliphatic hydroxyl groups is 4. The first-order valence-electron chi connectivity index (χ1n) is 7.46. The normalized spacial score (nSPS) is 19.2. The lowest BCUT2D eigenvalue weighted by atomic mass is 9.97. The fraction of sp³-hybridized carbons (Fsp3) is 0.222. The molecule has 132 valence electrons. The van der Waals surface area contributed by atoms with Crippen LogP contribution in [0.3, 0.4) is 0 Å². The van der Waals surface area contributed by atoms with Gasteiger partial charge in [-0.3, -0.25) is 0 Å². The van der Waals surface area contributed by atoms with Gasteiger partial charge in [0.15, 0.2) is 11.5 Å². The molecule has 1 heterocycles. The molecule has 7 nitrogen and oxygen atoms in total. The fourth-order valence-electron chi connectivity index (χ4n) is 2.73. The quantitative estimate of drug-likeness (QED) is 0.723. The minimum atomic E-state index is -0.503. The third kappa shape index (κ3) is 2.84. The smallest absolute Gasteiger partial charge is 0.305 e. The molecule has 0 saturated carbocycles. The van der Waals surface area contributed by atoms with Gasteiger partial charge in [0.25, 0.3) is 0 Å². The van der Waals surface area contributed by atoms with Crippen molar-refractivity contribution >= 4 is 5.76 Å². The van der Waals surface area contributed by atoms with Gasteiger partial charge in [0, 0.05) is 24.3 Å². The molecule has 2 aliphatic rings. The number of phenolic OH excluding ortho intramolecular Hbond substituents is 1. The van der Waals surface area contributed by atoms with Crippen LogP contribution < -0.4 is 9.47 Å². The van der Waals surface area contributed by atoms with E-state index in [1.807, 2.05) is 0 Å². The molecule has 1 unspecified atom stereocenters. The number of rotatable bonds is 4. The summed E-state index contributed by atoms with van der Waals surface area (Å²) in [4.78, 5) is 0. The van der Waals surface area contributed by atoms with Gasteiger partial charge in [-0.2, -0.15) is 0 Å². The van der Waals surface area contributed by atoms with E-state index in [0.717, 1.165) is 0 Å². The van der Waals surface area contributed by atoms with E-state index in [9.17, 15) is 15.3 Å². The predicted molar refractivity (Wildman–Crippen MR) is 90.7 cm³/mol. The van der Waals surface area contributed by atoms with Crippen LogP contribution in [0.25, 0.3) is 5.76 Å². The Morgan fingerprint density at radius 3 is 2.12 bits per heavy atom. The van der Waals surface area contributed by atoms with E-state index in [2.05, 4.69) is 4.74 Å². The number of benzene rings is 1. The van der Waals surface area contributed by atoms with Crippen molar-refractivity contribution in [3.63, 3.8) is 0 Å². The number of aliphatic hydroxyl groups excluding tert-OH is 2.